The Balaban J connectivity index is 1.88. The van der Waals surface area contributed by atoms with Crippen molar-refractivity contribution in [3.63, 3.8) is 0 Å². The Morgan fingerprint density at radius 2 is 1.32 bits per heavy atom. The fourth-order valence-corrected chi connectivity index (χ4v) is 3.75. The predicted molar refractivity (Wildman–Crippen MR) is 104 cm³/mol. The second-order valence-electron chi connectivity index (χ2n) is 6.30. The molecule has 0 radical (unpaired) electrons. The number of ether oxygens (including phenoxy) is 1. The highest BCUT2D eigenvalue weighted by Crippen LogP contribution is 2.48. The van der Waals surface area contributed by atoms with Crippen LogP contribution >= 0.6 is 0 Å². The van der Waals surface area contributed by atoms with Gasteiger partial charge in [0.1, 0.15) is 11.9 Å². The minimum atomic E-state index is 0.172. The maximum atomic E-state index is 5.54. The van der Waals surface area contributed by atoms with E-state index in [1.54, 1.807) is 7.11 Å². The zero-order chi connectivity index (χ0) is 17.4. The van der Waals surface area contributed by atoms with Gasteiger partial charge in [-0.2, -0.15) is 0 Å². The van der Waals surface area contributed by atoms with Gasteiger partial charge in [-0.25, -0.2) is 0 Å². The van der Waals surface area contributed by atoms with Gasteiger partial charge in [0.15, 0.2) is 0 Å². The van der Waals surface area contributed by atoms with Crippen LogP contribution in [-0.4, -0.2) is 13.3 Å². The molecule has 1 atom stereocenters. The summed E-state index contributed by atoms with van der Waals surface area (Å²) in [7, 11) is 1.73. The Bertz CT molecular complexity index is 892. The van der Waals surface area contributed by atoms with E-state index in [-0.39, 0.29) is 6.17 Å². The number of nitrogens with zero attached hydrogens (tertiary/aromatic N) is 2. The largest absolute Gasteiger partial charge is 0.496 e. The number of rotatable bonds is 3. The van der Waals surface area contributed by atoms with Crippen molar-refractivity contribution in [2.24, 2.45) is 0 Å². The molecule has 0 aromatic heterocycles. The van der Waals surface area contributed by atoms with Gasteiger partial charge in [-0.05, 0) is 50.2 Å². The molecule has 0 fully saturated rings. The van der Waals surface area contributed by atoms with Crippen LogP contribution in [0.2, 0.25) is 0 Å². The smallest absolute Gasteiger partial charge is 0.123 e. The first-order valence-electron chi connectivity index (χ1n) is 8.58. The average Bonchev–Trinajstić information content (AvgIpc) is 2.94. The second-order valence-corrected chi connectivity index (χ2v) is 6.30. The number of anilines is 4. The molecular weight excluding hydrogens is 308 g/mol. The molecule has 0 bridgehead atoms. The highest BCUT2D eigenvalue weighted by atomic mass is 16.5. The lowest BCUT2D eigenvalue weighted by Crippen LogP contribution is -2.35. The molecule has 4 rings (SSSR count). The van der Waals surface area contributed by atoms with E-state index in [1.807, 2.05) is 6.07 Å². The zero-order valence-electron chi connectivity index (χ0n) is 14.8. The minimum absolute atomic E-state index is 0.172. The van der Waals surface area contributed by atoms with Crippen molar-refractivity contribution in [3.05, 3.63) is 78.4 Å². The van der Waals surface area contributed by atoms with E-state index >= 15 is 0 Å². The summed E-state index contributed by atoms with van der Waals surface area (Å²) in [5.41, 5.74) is 5.98. The van der Waals surface area contributed by atoms with Crippen molar-refractivity contribution in [1.29, 1.82) is 0 Å². The van der Waals surface area contributed by atoms with E-state index in [2.05, 4.69) is 90.4 Å². The van der Waals surface area contributed by atoms with Gasteiger partial charge >= 0.3 is 0 Å². The molecule has 0 spiro atoms. The quantitative estimate of drug-likeness (QED) is 0.618. The molecule has 1 aliphatic rings. The van der Waals surface area contributed by atoms with Crippen LogP contribution in [0, 0.1) is 6.92 Å². The molecule has 3 aromatic carbocycles. The SMILES string of the molecule is COc1cccc(N2c3ccccc3N(c3ccccc3)[C@H]2C)c1C. The van der Waals surface area contributed by atoms with Crippen molar-refractivity contribution in [1.82, 2.24) is 0 Å². The molecule has 0 N–H and O–H groups in total. The normalized spacial score (nSPS) is 16.0. The van der Waals surface area contributed by atoms with Crippen molar-refractivity contribution >= 4 is 22.7 Å². The summed E-state index contributed by atoms with van der Waals surface area (Å²) >= 11 is 0. The van der Waals surface area contributed by atoms with Crippen molar-refractivity contribution in [2.45, 2.75) is 20.0 Å². The Morgan fingerprint density at radius 3 is 2.00 bits per heavy atom. The van der Waals surface area contributed by atoms with Gasteiger partial charge in [-0.15, -0.1) is 0 Å². The van der Waals surface area contributed by atoms with Crippen molar-refractivity contribution < 1.29 is 4.74 Å². The Labute approximate surface area is 149 Å². The third kappa shape index (κ3) is 2.43. The van der Waals surface area contributed by atoms with E-state index in [4.69, 9.17) is 4.74 Å². The van der Waals surface area contributed by atoms with Crippen LogP contribution in [0.1, 0.15) is 12.5 Å². The molecule has 0 saturated heterocycles. The highest BCUT2D eigenvalue weighted by Gasteiger charge is 2.35. The molecule has 126 valence electrons. The minimum Gasteiger partial charge on any atom is -0.496 e. The number of benzene rings is 3. The number of hydrogen-bond donors (Lipinski definition) is 0. The average molecular weight is 330 g/mol. The van der Waals surface area contributed by atoms with E-state index in [0.29, 0.717) is 0 Å². The molecule has 1 aliphatic heterocycles. The zero-order valence-corrected chi connectivity index (χ0v) is 14.8. The molecular formula is C22H22N2O. The number of methoxy groups -OCH3 is 1. The summed E-state index contributed by atoms with van der Waals surface area (Å²) < 4.78 is 5.54. The summed E-state index contributed by atoms with van der Waals surface area (Å²) in [6.45, 7) is 4.36. The van der Waals surface area contributed by atoms with Crippen LogP contribution in [0.5, 0.6) is 5.75 Å². The van der Waals surface area contributed by atoms with Crippen LogP contribution in [0.3, 0.4) is 0 Å². The van der Waals surface area contributed by atoms with Crippen LogP contribution in [0.25, 0.3) is 0 Å². The molecule has 3 nitrogen and oxygen atoms in total. The molecule has 3 aromatic rings. The molecule has 0 amide bonds. The van der Waals surface area contributed by atoms with Crippen molar-refractivity contribution in [3.8, 4) is 5.75 Å². The lowest BCUT2D eigenvalue weighted by molar-refractivity contribution is 0.411. The van der Waals surface area contributed by atoms with Gasteiger partial charge in [0, 0.05) is 16.9 Å². The van der Waals surface area contributed by atoms with E-state index in [1.165, 1.54) is 22.7 Å². The first-order valence-corrected chi connectivity index (χ1v) is 8.58. The third-order valence-electron chi connectivity index (χ3n) is 4.92. The Kier molecular flexibility index (Phi) is 3.85. The third-order valence-corrected chi connectivity index (χ3v) is 4.92. The van der Waals surface area contributed by atoms with Gasteiger partial charge in [0.05, 0.1) is 18.5 Å². The second kappa shape index (κ2) is 6.17. The van der Waals surface area contributed by atoms with Crippen LogP contribution in [0.4, 0.5) is 22.7 Å². The first kappa shape index (κ1) is 15.6. The molecule has 0 aliphatic carbocycles. The van der Waals surface area contributed by atoms with E-state index in [9.17, 15) is 0 Å². The van der Waals surface area contributed by atoms with Gasteiger partial charge in [-0.1, -0.05) is 36.4 Å². The van der Waals surface area contributed by atoms with Gasteiger partial charge in [0.25, 0.3) is 0 Å². The first-order chi connectivity index (χ1) is 12.2. The highest BCUT2D eigenvalue weighted by molar-refractivity contribution is 5.89. The molecule has 25 heavy (non-hydrogen) atoms. The number of hydrogen-bond acceptors (Lipinski definition) is 3. The fourth-order valence-electron chi connectivity index (χ4n) is 3.75. The topological polar surface area (TPSA) is 15.7 Å². The van der Waals surface area contributed by atoms with Crippen LogP contribution in [0.15, 0.2) is 72.8 Å². The Hall–Kier alpha value is -2.94. The molecule has 0 saturated carbocycles. The summed E-state index contributed by atoms with van der Waals surface area (Å²) in [6, 6.07) is 25.4. The lowest BCUT2D eigenvalue weighted by Gasteiger charge is -2.31. The molecule has 0 unspecified atom stereocenters. The fraction of sp³-hybridized carbons (Fsp3) is 0.182. The summed E-state index contributed by atoms with van der Waals surface area (Å²) in [5.74, 6) is 0.917. The molecule has 3 heteroatoms. The predicted octanol–water partition coefficient (Wildman–Crippen LogP) is 5.64. The van der Waals surface area contributed by atoms with E-state index in [0.717, 1.165) is 11.3 Å². The summed E-state index contributed by atoms with van der Waals surface area (Å²) in [5, 5.41) is 0. The van der Waals surface area contributed by atoms with Gasteiger partial charge < -0.3 is 14.5 Å². The van der Waals surface area contributed by atoms with Crippen molar-refractivity contribution in [2.75, 3.05) is 16.9 Å². The maximum absolute atomic E-state index is 5.54. The van der Waals surface area contributed by atoms with Gasteiger partial charge in [-0.3, -0.25) is 0 Å². The number of fused-ring (bicyclic) bond motifs is 1. The Morgan fingerprint density at radius 1 is 0.720 bits per heavy atom. The van der Waals surface area contributed by atoms with Crippen LogP contribution in [-0.2, 0) is 0 Å². The number of para-hydroxylation sites is 3. The maximum Gasteiger partial charge on any atom is 0.123 e. The monoisotopic (exact) mass is 330 g/mol. The molecule has 1 heterocycles. The summed E-state index contributed by atoms with van der Waals surface area (Å²) in [4.78, 5) is 4.77. The lowest BCUT2D eigenvalue weighted by atomic mass is 10.1. The van der Waals surface area contributed by atoms with E-state index < -0.39 is 0 Å². The van der Waals surface area contributed by atoms with Crippen LogP contribution < -0.4 is 14.5 Å². The summed E-state index contributed by atoms with van der Waals surface area (Å²) in [6.07, 6.45) is 0.172. The van der Waals surface area contributed by atoms with Gasteiger partial charge in [0.2, 0.25) is 0 Å². The standard InChI is InChI=1S/C22H22N2O/c1-16-19(14-9-15-22(16)25-3)24-17(2)23(18-10-5-4-6-11-18)20-12-7-8-13-21(20)24/h4-15,17H,1-3H3/t17-/m1/s1.